The quantitative estimate of drug-likeness (QED) is 0.575. The Hall–Kier alpha value is -1.49. The topological polar surface area (TPSA) is 28.6 Å². The standard InChI is InChI=1S/C31H41N3O/c1-29-11-8-25-18-24-4-5-26(33-15-2-3-16-33)19-30(24)12-13-31(25,35-30)27(29)6-7-28(29)34-17-10-22-9-14-32-20-23(22)21-34/h8-9,14,18,20,26-28H,2-7,10-13,15-17,19,21H2,1H3/t26-,27+,28?,29-,30+,31+/m0/s1. The van der Waals surface area contributed by atoms with Gasteiger partial charge in [-0.05, 0) is 123 Å². The monoisotopic (exact) mass is 471 g/mol. The predicted octanol–water partition coefficient (Wildman–Crippen LogP) is 5.43. The normalized spacial score (nSPS) is 44.8. The maximum atomic E-state index is 7.55. The summed E-state index contributed by atoms with van der Waals surface area (Å²) in [7, 11) is 0. The number of nitrogens with zero attached hydrogens (tertiary/aromatic N) is 3. The lowest BCUT2D eigenvalue weighted by Gasteiger charge is -2.55. The Balaban J connectivity index is 1.10. The number of aromatic nitrogens is 1. The number of allylic oxidation sites excluding steroid dienone is 1. The van der Waals surface area contributed by atoms with E-state index in [9.17, 15) is 0 Å². The molecule has 0 aromatic carbocycles. The van der Waals surface area contributed by atoms with Gasteiger partial charge in [-0.15, -0.1) is 0 Å². The van der Waals surface area contributed by atoms with Crippen molar-refractivity contribution >= 4 is 0 Å². The minimum Gasteiger partial charge on any atom is -0.359 e. The summed E-state index contributed by atoms with van der Waals surface area (Å²) >= 11 is 0. The third-order valence-electron chi connectivity index (χ3n) is 11.7. The van der Waals surface area contributed by atoms with Gasteiger partial charge in [0.15, 0.2) is 0 Å². The van der Waals surface area contributed by atoms with E-state index in [0.717, 1.165) is 12.6 Å². The first kappa shape index (κ1) is 21.6. The molecule has 1 aromatic heterocycles. The summed E-state index contributed by atoms with van der Waals surface area (Å²) in [4.78, 5) is 10.1. The number of rotatable bonds is 2. The van der Waals surface area contributed by atoms with Gasteiger partial charge in [-0.25, -0.2) is 0 Å². The lowest BCUT2D eigenvalue weighted by atomic mass is 9.59. The zero-order valence-electron chi connectivity index (χ0n) is 21.5. The van der Waals surface area contributed by atoms with Gasteiger partial charge >= 0.3 is 0 Å². The Morgan fingerprint density at radius 1 is 1.00 bits per heavy atom. The Labute approximate surface area is 210 Å². The fourth-order valence-electron chi connectivity index (χ4n) is 10.0. The lowest BCUT2D eigenvalue weighted by molar-refractivity contribution is -0.144. The molecule has 1 aromatic rings. The molecule has 5 heterocycles. The molecule has 4 heteroatoms. The molecule has 2 saturated heterocycles. The van der Waals surface area contributed by atoms with Crippen molar-refractivity contribution in [2.45, 2.75) is 107 Å². The molecular weight excluding hydrogens is 430 g/mol. The van der Waals surface area contributed by atoms with Gasteiger partial charge < -0.3 is 9.64 Å². The molecule has 0 amide bonds. The molecule has 7 aliphatic rings. The van der Waals surface area contributed by atoms with Gasteiger partial charge in [-0.3, -0.25) is 9.88 Å². The second kappa shape index (κ2) is 7.52. The second-order valence-electron chi connectivity index (χ2n) is 13.2. The highest BCUT2D eigenvalue weighted by Crippen LogP contribution is 2.67. The smallest absolute Gasteiger partial charge is 0.0975 e. The van der Waals surface area contributed by atoms with E-state index in [1.54, 1.807) is 11.1 Å². The van der Waals surface area contributed by atoms with Gasteiger partial charge in [0.05, 0.1) is 11.2 Å². The minimum absolute atomic E-state index is 0.0204. The summed E-state index contributed by atoms with van der Waals surface area (Å²) in [5.41, 5.74) is 6.50. The molecule has 0 N–H and O–H groups in total. The first-order valence-electron chi connectivity index (χ1n) is 14.6. The number of hydrogen-bond donors (Lipinski definition) is 0. The SMILES string of the molecule is C[C@]12CC=C3C=C4CC[C@H](N5CCCC5)C[C@]45CC[C@]3(O5)[C@@H]1CCC2N1CCc2ccncc2C1. The first-order chi connectivity index (χ1) is 17.1. The average Bonchev–Trinajstić information content (AvgIpc) is 3.60. The first-order valence-corrected chi connectivity index (χ1v) is 14.6. The van der Waals surface area contributed by atoms with Crippen molar-refractivity contribution in [2.24, 2.45) is 11.3 Å². The zero-order chi connectivity index (χ0) is 23.3. The Morgan fingerprint density at radius 2 is 1.91 bits per heavy atom. The number of likely N-dealkylation sites (tertiary alicyclic amines) is 1. The molecule has 186 valence electrons. The van der Waals surface area contributed by atoms with E-state index in [0.29, 0.717) is 17.4 Å². The number of hydrogen-bond acceptors (Lipinski definition) is 4. The summed E-state index contributed by atoms with van der Waals surface area (Å²) in [5, 5.41) is 0. The minimum atomic E-state index is -0.0204. The fraction of sp³-hybridized carbons (Fsp3) is 0.710. The van der Waals surface area contributed by atoms with E-state index in [-0.39, 0.29) is 11.2 Å². The van der Waals surface area contributed by atoms with Crippen molar-refractivity contribution in [2.75, 3.05) is 19.6 Å². The van der Waals surface area contributed by atoms with Gasteiger partial charge in [0, 0.05) is 37.6 Å². The number of fused-ring (bicyclic) bond motifs is 2. The van der Waals surface area contributed by atoms with Gasteiger partial charge in [0.2, 0.25) is 0 Å². The summed E-state index contributed by atoms with van der Waals surface area (Å²) in [6.07, 6.45) is 23.5. The Kier molecular flexibility index (Phi) is 4.64. The molecular formula is C31H41N3O. The molecule has 3 aliphatic carbocycles. The van der Waals surface area contributed by atoms with Crippen LogP contribution < -0.4 is 0 Å². The van der Waals surface area contributed by atoms with Gasteiger partial charge in [-0.1, -0.05) is 19.1 Å². The van der Waals surface area contributed by atoms with Crippen LogP contribution in [0, 0.1) is 11.3 Å². The number of pyridine rings is 1. The molecule has 2 bridgehead atoms. The van der Waals surface area contributed by atoms with Crippen molar-refractivity contribution in [1.82, 2.24) is 14.8 Å². The highest BCUT2D eigenvalue weighted by Gasteiger charge is 2.67. The highest BCUT2D eigenvalue weighted by atomic mass is 16.5. The summed E-state index contributed by atoms with van der Waals surface area (Å²) in [6.45, 7) is 7.52. The van der Waals surface area contributed by atoms with Crippen molar-refractivity contribution in [3.63, 3.8) is 0 Å². The molecule has 1 unspecified atom stereocenters. The molecule has 4 aliphatic heterocycles. The Morgan fingerprint density at radius 3 is 2.83 bits per heavy atom. The van der Waals surface area contributed by atoms with Crippen LogP contribution in [0.15, 0.2) is 41.8 Å². The van der Waals surface area contributed by atoms with E-state index in [1.807, 2.05) is 6.20 Å². The largest absolute Gasteiger partial charge is 0.359 e. The third kappa shape index (κ3) is 2.94. The van der Waals surface area contributed by atoms with Crippen molar-refractivity contribution < 1.29 is 4.74 Å². The van der Waals surface area contributed by atoms with E-state index < -0.39 is 0 Å². The van der Waals surface area contributed by atoms with Crippen molar-refractivity contribution in [3.8, 4) is 0 Å². The summed E-state index contributed by atoms with van der Waals surface area (Å²) < 4.78 is 7.55. The number of ether oxygens (including phenoxy) is 1. The van der Waals surface area contributed by atoms with E-state index in [4.69, 9.17) is 4.74 Å². The van der Waals surface area contributed by atoms with Gasteiger partial charge in [0.1, 0.15) is 0 Å². The molecule has 0 radical (unpaired) electrons. The van der Waals surface area contributed by atoms with Gasteiger partial charge in [0.25, 0.3) is 0 Å². The van der Waals surface area contributed by atoms with Gasteiger partial charge in [-0.2, -0.15) is 0 Å². The third-order valence-corrected chi connectivity index (χ3v) is 11.7. The molecule has 2 spiro atoms. The summed E-state index contributed by atoms with van der Waals surface area (Å²) in [6, 6.07) is 3.63. The van der Waals surface area contributed by atoms with Crippen LogP contribution in [0.4, 0.5) is 0 Å². The van der Waals surface area contributed by atoms with Crippen molar-refractivity contribution in [1.29, 1.82) is 0 Å². The maximum Gasteiger partial charge on any atom is 0.0975 e. The van der Waals surface area contributed by atoms with Crippen LogP contribution in [0.5, 0.6) is 0 Å². The Bertz CT molecular complexity index is 1100. The van der Waals surface area contributed by atoms with Crippen LogP contribution in [0.3, 0.4) is 0 Å². The van der Waals surface area contributed by atoms with Crippen LogP contribution in [0.2, 0.25) is 0 Å². The molecule has 4 nitrogen and oxygen atoms in total. The maximum absolute atomic E-state index is 7.55. The van der Waals surface area contributed by atoms with Crippen LogP contribution in [0.25, 0.3) is 0 Å². The predicted molar refractivity (Wildman–Crippen MR) is 138 cm³/mol. The highest BCUT2D eigenvalue weighted by molar-refractivity contribution is 5.47. The molecule has 8 rings (SSSR count). The second-order valence-corrected chi connectivity index (χ2v) is 13.2. The van der Waals surface area contributed by atoms with E-state index >= 15 is 0 Å². The molecule has 2 saturated carbocycles. The van der Waals surface area contributed by atoms with Crippen LogP contribution >= 0.6 is 0 Å². The van der Waals surface area contributed by atoms with E-state index in [1.165, 1.54) is 101 Å². The lowest BCUT2D eigenvalue weighted by Crippen LogP contribution is -2.57. The molecule has 4 fully saturated rings. The van der Waals surface area contributed by atoms with Crippen LogP contribution in [0.1, 0.15) is 82.3 Å². The molecule has 6 atom stereocenters. The van der Waals surface area contributed by atoms with E-state index in [2.05, 4.69) is 46.1 Å². The summed E-state index contributed by atoms with van der Waals surface area (Å²) in [5.74, 6) is 0.652. The molecule has 35 heavy (non-hydrogen) atoms. The average molecular weight is 472 g/mol. The fourth-order valence-corrected chi connectivity index (χ4v) is 10.0. The van der Waals surface area contributed by atoms with Crippen LogP contribution in [-0.2, 0) is 17.7 Å². The van der Waals surface area contributed by atoms with Crippen LogP contribution in [-0.4, -0.2) is 57.7 Å². The van der Waals surface area contributed by atoms with Crippen molar-refractivity contribution in [3.05, 3.63) is 52.9 Å². The zero-order valence-corrected chi connectivity index (χ0v) is 21.5.